The Bertz CT molecular complexity index is 1090. The first-order valence-corrected chi connectivity index (χ1v) is 13.6. The van der Waals surface area contributed by atoms with Crippen LogP contribution < -0.4 is 0 Å². The van der Waals surface area contributed by atoms with Gasteiger partial charge in [-0.25, -0.2) is 0 Å². The Kier molecular flexibility index (Phi) is 8.51. The average molecular weight is 501 g/mol. The van der Waals surface area contributed by atoms with E-state index in [0.717, 1.165) is 60.8 Å². The molecule has 1 fully saturated rings. The van der Waals surface area contributed by atoms with Crippen molar-refractivity contribution < 1.29 is 20.1 Å². The van der Waals surface area contributed by atoms with E-state index in [-0.39, 0.29) is 5.92 Å². The van der Waals surface area contributed by atoms with Crippen LogP contribution in [0, 0.1) is 11.8 Å². The highest BCUT2D eigenvalue weighted by atomic mass is 16.4. The van der Waals surface area contributed by atoms with Crippen molar-refractivity contribution in [1.29, 1.82) is 0 Å². The molecule has 0 amide bonds. The van der Waals surface area contributed by atoms with Crippen molar-refractivity contribution in [2.45, 2.75) is 75.9 Å². The smallest absolute Gasteiger partial charge is 0.313 e. The molecule has 1 unspecified atom stereocenters. The van der Waals surface area contributed by atoms with Crippen LogP contribution in [-0.4, -0.2) is 21.3 Å². The minimum Gasteiger partial charge on any atom is -0.481 e. The summed E-state index contributed by atoms with van der Waals surface area (Å²) >= 11 is 0. The van der Waals surface area contributed by atoms with Gasteiger partial charge in [-0.15, -0.1) is 0 Å². The Morgan fingerprint density at radius 3 is 1.81 bits per heavy atom. The molecule has 4 nitrogen and oxygen atoms in total. The normalized spacial score (nSPS) is 19.4. The topological polar surface area (TPSA) is 77.8 Å². The molecule has 0 spiro atoms. The van der Waals surface area contributed by atoms with Gasteiger partial charge < -0.3 is 15.3 Å². The van der Waals surface area contributed by atoms with Gasteiger partial charge in [0.2, 0.25) is 0 Å². The molecule has 1 aliphatic carbocycles. The van der Waals surface area contributed by atoms with E-state index in [9.17, 15) is 20.1 Å². The van der Waals surface area contributed by atoms with Gasteiger partial charge in [-0.1, -0.05) is 111 Å². The molecule has 3 aromatic carbocycles. The zero-order valence-corrected chi connectivity index (χ0v) is 22.0. The number of carbonyl (C=O) groups is 1. The Morgan fingerprint density at radius 1 is 0.811 bits per heavy atom. The van der Waals surface area contributed by atoms with E-state index in [1.807, 2.05) is 84.9 Å². The lowest BCUT2D eigenvalue weighted by Gasteiger charge is -2.41. The van der Waals surface area contributed by atoms with Gasteiger partial charge in [0.1, 0.15) is 5.60 Å². The highest BCUT2D eigenvalue weighted by molar-refractivity contribution is 5.80. The van der Waals surface area contributed by atoms with E-state index < -0.39 is 23.1 Å². The standard InChI is InChI=1S/C33H40O4/c1-32(2,31(35)36)26-22-18-25(19-23-26)30(34)15-9-10-24-16-20-29(21-17-24)33(37,27-11-5-3-6-12-27)28-13-7-4-8-14-28/h3-8,11-14,18-19,22-24,29-30,34,37H,9-10,15-17,20-21H2,1-2H3,(H,35,36). The zero-order chi connectivity index (χ0) is 26.5. The van der Waals surface area contributed by atoms with Crippen molar-refractivity contribution in [2.24, 2.45) is 11.8 Å². The van der Waals surface area contributed by atoms with Gasteiger partial charge in [0.15, 0.2) is 0 Å². The molecule has 1 aliphatic rings. The van der Waals surface area contributed by atoms with E-state index in [2.05, 4.69) is 0 Å². The van der Waals surface area contributed by atoms with Gasteiger partial charge in [-0.05, 0) is 67.2 Å². The maximum Gasteiger partial charge on any atom is 0.313 e. The Hall–Kier alpha value is -2.95. The third-order valence-corrected chi connectivity index (χ3v) is 8.51. The van der Waals surface area contributed by atoms with Gasteiger partial charge in [-0.2, -0.15) is 0 Å². The molecule has 0 radical (unpaired) electrons. The molecule has 0 aromatic heterocycles. The molecule has 3 aromatic rings. The van der Waals surface area contributed by atoms with Crippen LogP contribution >= 0.6 is 0 Å². The predicted molar refractivity (Wildman–Crippen MR) is 147 cm³/mol. The van der Waals surface area contributed by atoms with E-state index in [4.69, 9.17) is 0 Å². The van der Waals surface area contributed by atoms with Gasteiger partial charge in [0.05, 0.1) is 11.5 Å². The van der Waals surface area contributed by atoms with E-state index in [1.54, 1.807) is 13.8 Å². The lowest BCUT2D eigenvalue weighted by Crippen LogP contribution is -2.38. The van der Waals surface area contributed by atoms with Gasteiger partial charge in [-0.3, -0.25) is 4.79 Å². The average Bonchev–Trinajstić information content (AvgIpc) is 2.94. The number of aliphatic hydroxyl groups excluding tert-OH is 1. The summed E-state index contributed by atoms with van der Waals surface area (Å²) in [5.74, 6) is -0.0767. The number of hydrogen-bond acceptors (Lipinski definition) is 3. The molecule has 4 rings (SSSR count). The molecule has 196 valence electrons. The maximum atomic E-state index is 12.1. The lowest BCUT2D eigenvalue weighted by atomic mass is 9.67. The SMILES string of the molecule is CC(C)(C(=O)O)c1ccc(C(O)CCCC2CCC(C(O)(c3ccccc3)c3ccccc3)CC2)cc1. The van der Waals surface area contributed by atoms with Crippen molar-refractivity contribution in [3.8, 4) is 0 Å². The first-order chi connectivity index (χ1) is 17.7. The van der Waals surface area contributed by atoms with Crippen LogP contribution in [0.5, 0.6) is 0 Å². The molecule has 0 heterocycles. The number of aliphatic hydroxyl groups is 2. The fraction of sp³-hybridized carbons (Fsp3) is 0.424. The molecule has 0 aliphatic heterocycles. The minimum absolute atomic E-state index is 0.174. The van der Waals surface area contributed by atoms with E-state index in [0.29, 0.717) is 12.3 Å². The fourth-order valence-electron chi connectivity index (χ4n) is 5.90. The number of carboxylic acids is 1. The Balaban J connectivity index is 1.31. The van der Waals surface area contributed by atoms with Crippen LogP contribution in [-0.2, 0) is 15.8 Å². The minimum atomic E-state index is -0.981. The molecule has 4 heteroatoms. The van der Waals surface area contributed by atoms with Crippen molar-refractivity contribution >= 4 is 5.97 Å². The fourth-order valence-corrected chi connectivity index (χ4v) is 5.90. The monoisotopic (exact) mass is 500 g/mol. The summed E-state index contributed by atoms with van der Waals surface area (Å²) in [6.07, 6.45) is 6.30. The summed E-state index contributed by atoms with van der Waals surface area (Å²) in [6, 6.07) is 27.5. The van der Waals surface area contributed by atoms with Crippen LogP contribution in [0.3, 0.4) is 0 Å². The van der Waals surface area contributed by atoms with Crippen LogP contribution in [0.1, 0.15) is 87.2 Å². The number of benzene rings is 3. The molecule has 3 N–H and O–H groups in total. The predicted octanol–water partition coefficient (Wildman–Crippen LogP) is 7.00. The van der Waals surface area contributed by atoms with Gasteiger partial charge in [0.25, 0.3) is 0 Å². The summed E-state index contributed by atoms with van der Waals surface area (Å²) in [7, 11) is 0. The van der Waals surface area contributed by atoms with Gasteiger partial charge in [0, 0.05) is 0 Å². The number of hydrogen-bond donors (Lipinski definition) is 3. The first-order valence-electron chi connectivity index (χ1n) is 13.6. The van der Waals surface area contributed by atoms with Crippen LogP contribution in [0.25, 0.3) is 0 Å². The molecule has 0 bridgehead atoms. The van der Waals surface area contributed by atoms with Crippen molar-refractivity contribution in [3.63, 3.8) is 0 Å². The van der Waals surface area contributed by atoms with Crippen LogP contribution in [0.15, 0.2) is 84.9 Å². The van der Waals surface area contributed by atoms with Gasteiger partial charge >= 0.3 is 5.97 Å². The second-order valence-corrected chi connectivity index (χ2v) is 11.2. The van der Waals surface area contributed by atoms with Crippen LogP contribution in [0.4, 0.5) is 0 Å². The Morgan fingerprint density at radius 2 is 1.32 bits per heavy atom. The van der Waals surface area contributed by atoms with Crippen molar-refractivity contribution in [1.82, 2.24) is 0 Å². The second-order valence-electron chi connectivity index (χ2n) is 11.2. The Labute approximate surface area is 221 Å². The lowest BCUT2D eigenvalue weighted by molar-refractivity contribution is -0.142. The third-order valence-electron chi connectivity index (χ3n) is 8.51. The summed E-state index contributed by atoms with van der Waals surface area (Å²) in [5, 5.41) is 32.2. The first kappa shape index (κ1) is 27.1. The summed E-state index contributed by atoms with van der Waals surface area (Å²) in [4.78, 5) is 11.5. The molecule has 37 heavy (non-hydrogen) atoms. The molecule has 0 saturated heterocycles. The van der Waals surface area contributed by atoms with Crippen molar-refractivity contribution in [3.05, 3.63) is 107 Å². The largest absolute Gasteiger partial charge is 0.481 e. The summed E-state index contributed by atoms with van der Waals surface area (Å²) in [6.45, 7) is 3.38. The summed E-state index contributed by atoms with van der Waals surface area (Å²) < 4.78 is 0. The summed E-state index contributed by atoms with van der Waals surface area (Å²) in [5.41, 5.74) is 1.57. The molecule has 1 atom stereocenters. The molecular formula is C33H40O4. The van der Waals surface area contributed by atoms with E-state index in [1.165, 1.54) is 0 Å². The van der Waals surface area contributed by atoms with Crippen molar-refractivity contribution in [2.75, 3.05) is 0 Å². The van der Waals surface area contributed by atoms with E-state index >= 15 is 0 Å². The number of rotatable bonds is 10. The second kappa shape index (κ2) is 11.6. The number of carboxylic acid groups (broad SMARTS) is 1. The zero-order valence-electron chi connectivity index (χ0n) is 22.0. The highest BCUT2D eigenvalue weighted by Gasteiger charge is 2.41. The quantitative estimate of drug-likeness (QED) is 0.280. The third kappa shape index (κ3) is 5.97. The number of aliphatic carboxylic acids is 1. The molecule has 1 saturated carbocycles. The molecular weight excluding hydrogens is 460 g/mol. The highest BCUT2D eigenvalue weighted by Crippen LogP contribution is 2.46. The van der Waals surface area contributed by atoms with Crippen LogP contribution in [0.2, 0.25) is 0 Å². The maximum absolute atomic E-state index is 12.1.